The minimum atomic E-state index is 0.503. The van der Waals surface area contributed by atoms with Gasteiger partial charge in [0.1, 0.15) is 12.4 Å². The minimum absolute atomic E-state index is 0.503. The molecule has 84 valence electrons. The van der Waals surface area contributed by atoms with Crippen molar-refractivity contribution in [2.45, 2.75) is 0 Å². The zero-order valence-electron chi connectivity index (χ0n) is 9.57. The van der Waals surface area contributed by atoms with Crippen molar-refractivity contribution < 1.29 is 4.74 Å². The molecule has 0 radical (unpaired) electrons. The summed E-state index contributed by atoms with van der Waals surface area (Å²) in [5, 5.41) is 3.06. The van der Waals surface area contributed by atoms with E-state index in [1.54, 1.807) is 12.2 Å². The summed E-state index contributed by atoms with van der Waals surface area (Å²) in [6, 6.07) is 7.82. The van der Waals surface area contributed by atoms with E-state index in [-0.39, 0.29) is 0 Å². The Morgan fingerprint density at radius 1 is 1.44 bits per heavy atom. The molecular formula is C14H17NO. The largest absolute Gasteiger partial charge is 0.489 e. The molecule has 1 N–H and O–H groups in total. The van der Waals surface area contributed by atoms with Gasteiger partial charge in [0.15, 0.2) is 0 Å². The van der Waals surface area contributed by atoms with Crippen molar-refractivity contribution in [1.29, 1.82) is 0 Å². The van der Waals surface area contributed by atoms with E-state index in [2.05, 4.69) is 18.5 Å². The van der Waals surface area contributed by atoms with Gasteiger partial charge in [-0.2, -0.15) is 0 Å². The highest BCUT2D eigenvalue weighted by atomic mass is 16.5. The van der Waals surface area contributed by atoms with Gasteiger partial charge < -0.3 is 10.1 Å². The molecule has 16 heavy (non-hydrogen) atoms. The van der Waals surface area contributed by atoms with Crippen molar-refractivity contribution in [3.63, 3.8) is 0 Å². The van der Waals surface area contributed by atoms with E-state index in [9.17, 15) is 0 Å². The quantitative estimate of drug-likeness (QED) is 0.734. The van der Waals surface area contributed by atoms with Crippen LogP contribution in [0.2, 0.25) is 0 Å². The van der Waals surface area contributed by atoms with Gasteiger partial charge in [0.2, 0.25) is 0 Å². The summed E-state index contributed by atoms with van der Waals surface area (Å²) in [5.74, 6) is 0.837. The van der Waals surface area contributed by atoms with Crippen LogP contribution in [0.3, 0.4) is 0 Å². The number of anilines is 1. The Hall–Kier alpha value is -1.96. The first-order valence-corrected chi connectivity index (χ1v) is 5.14. The summed E-state index contributed by atoms with van der Waals surface area (Å²) in [4.78, 5) is 0. The number of benzene rings is 1. The molecule has 1 aromatic carbocycles. The Kier molecular flexibility index (Phi) is 4.93. The molecule has 0 saturated carbocycles. The molecule has 2 heteroatoms. The van der Waals surface area contributed by atoms with Crippen LogP contribution in [0.5, 0.6) is 5.75 Å². The zero-order valence-corrected chi connectivity index (χ0v) is 9.57. The monoisotopic (exact) mass is 215 g/mol. The molecule has 0 aliphatic carbocycles. The molecular weight excluding hydrogens is 198 g/mol. The number of rotatable bonds is 6. The fraction of sp³-hybridized carbons (Fsp3) is 0.143. The topological polar surface area (TPSA) is 21.3 Å². The fourth-order valence-electron chi connectivity index (χ4n) is 1.23. The van der Waals surface area contributed by atoms with Gasteiger partial charge in [-0.25, -0.2) is 0 Å². The number of hydrogen-bond donors (Lipinski definition) is 1. The van der Waals surface area contributed by atoms with Crippen LogP contribution in [0.4, 0.5) is 5.69 Å². The lowest BCUT2D eigenvalue weighted by atomic mass is 10.2. The molecule has 0 heterocycles. The molecule has 0 saturated heterocycles. The molecule has 0 atom stereocenters. The van der Waals surface area contributed by atoms with Crippen molar-refractivity contribution in [3.05, 3.63) is 61.2 Å². The van der Waals surface area contributed by atoms with Gasteiger partial charge in [-0.1, -0.05) is 37.5 Å². The second-order valence-electron chi connectivity index (χ2n) is 3.25. The third-order valence-corrected chi connectivity index (χ3v) is 2.12. The van der Waals surface area contributed by atoms with Crippen LogP contribution in [0.25, 0.3) is 0 Å². The van der Waals surface area contributed by atoms with E-state index < -0.39 is 0 Å². The van der Waals surface area contributed by atoms with E-state index in [1.165, 1.54) is 0 Å². The predicted molar refractivity (Wildman–Crippen MR) is 70.0 cm³/mol. The molecule has 0 aliphatic heterocycles. The maximum absolute atomic E-state index is 5.63. The minimum Gasteiger partial charge on any atom is -0.489 e. The number of nitrogens with one attached hydrogen (secondary N) is 1. The van der Waals surface area contributed by atoms with Crippen LogP contribution in [-0.4, -0.2) is 13.7 Å². The molecule has 0 fully saturated rings. The first-order valence-electron chi connectivity index (χ1n) is 5.14. The van der Waals surface area contributed by atoms with Crippen LogP contribution in [0.15, 0.2) is 61.2 Å². The molecule has 2 nitrogen and oxygen atoms in total. The van der Waals surface area contributed by atoms with Gasteiger partial charge >= 0.3 is 0 Å². The highest BCUT2D eigenvalue weighted by Gasteiger charge is 1.96. The van der Waals surface area contributed by atoms with Crippen molar-refractivity contribution in [1.82, 2.24) is 0 Å². The van der Waals surface area contributed by atoms with Crippen molar-refractivity contribution in [2.24, 2.45) is 0 Å². The molecule has 0 aromatic heterocycles. The standard InChI is InChI=1S/C14H17NO/c1-4-7-12(5-2)11-16-14-9-6-8-13(10-14)15-3/h4-10,15H,1-2,11H2,3H3/b12-7+. The highest BCUT2D eigenvalue weighted by Crippen LogP contribution is 2.17. The van der Waals surface area contributed by atoms with E-state index in [4.69, 9.17) is 4.74 Å². The molecule has 1 aromatic rings. The number of ether oxygens (including phenoxy) is 1. The second kappa shape index (κ2) is 6.51. The third kappa shape index (κ3) is 3.65. The van der Waals surface area contributed by atoms with E-state index >= 15 is 0 Å². The molecule has 0 unspecified atom stereocenters. The molecule has 1 rings (SSSR count). The van der Waals surface area contributed by atoms with Gasteiger partial charge in [-0.3, -0.25) is 0 Å². The fourth-order valence-corrected chi connectivity index (χ4v) is 1.23. The summed E-state index contributed by atoms with van der Waals surface area (Å²) in [5.41, 5.74) is 2.04. The van der Waals surface area contributed by atoms with Crippen molar-refractivity contribution in [3.8, 4) is 5.75 Å². The molecule has 0 spiro atoms. The molecule has 0 amide bonds. The average Bonchev–Trinajstić information content (AvgIpc) is 2.34. The van der Waals surface area contributed by atoms with Crippen molar-refractivity contribution in [2.75, 3.05) is 19.0 Å². The van der Waals surface area contributed by atoms with Gasteiger partial charge in [0.25, 0.3) is 0 Å². The lowest BCUT2D eigenvalue weighted by Gasteiger charge is -2.08. The van der Waals surface area contributed by atoms with Gasteiger partial charge in [-0.15, -0.1) is 0 Å². The van der Waals surface area contributed by atoms with E-state index in [0.717, 1.165) is 17.0 Å². The predicted octanol–water partition coefficient (Wildman–Crippen LogP) is 3.41. The zero-order chi connectivity index (χ0) is 11.8. The highest BCUT2D eigenvalue weighted by molar-refractivity contribution is 5.47. The Balaban J connectivity index is 2.63. The molecule has 0 aliphatic rings. The summed E-state index contributed by atoms with van der Waals surface area (Å²) >= 11 is 0. The average molecular weight is 215 g/mol. The molecule has 0 bridgehead atoms. The summed E-state index contributed by atoms with van der Waals surface area (Å²) < 4.78 is 5.63. The summed E-state index contributed by atoms with van der Waals surface area (Å²) in [6.45, 7) is 7.86. The SMILES string of the molecule is C=C/C=C(\C=C)COc1cccc(NC)c1. The Labute approximate surface area is 96.9 Å². The lowest BCUT2D eigenvalue weighted by Crippen LogP contribution is -1.99. The van der Waals surface area contributed by atoms with Crippen LogP contribution in [0, 0.1) is 0 Å². The maximum atomic E-state index is 5.63. The first kappa shape index (κ1) is 12.1. The van der Waals surface area contributed by atoms with Crippen LogP contribution in [0.1, 0.15) is 0 Å². The Morgan fingerprint density at radius 3 is 2.88 bits per heavy atom. The summed E-state index contributed by atoms with van der Waals surface area (Å²) in [7, 11) is 1.88. The first-order chi connectivity index (χ1) is 7.80. The van der Waals surface area contributed by atoms with E-state index in [1.807, 2.05) is 37.4 Å². The van der Waals surface area contributed by atoms with Crippen LogP contribution >= 0.6 is 0 Å². The Bertz CT molecular complexity index is 393. The number of allylic oxidation sites excluding steroid dienone is 2. The third-order valence-electron chi connectivity index (χ3n) is 2.12. The normalized spacial score (nSPS) is 10.7. The summed E-state index contributed by atoms with van der Waals surface area (Å²) in [6.07, 6.45) is 5.38. The van der Waals surface area contributed by atoms with E-state index in [0.29, 0.717) is 6.61 Å². The van der Waals surface area contributed by atoms with Gasteiger partial charge in [0, 0.05) is 18.8 Å². The smallest absolute Gasteiger partial charge is 0.121 e. The van der Waals surface area contributed by atoms with Gasteiger partial charge in [-0.05, 0) is 17.7 Å². The lowest BCUT2D eigenvalue weighted by molar-refractivity contribution is 0.356. The second-order valence-corrected chi connectivity index (χ2v) is 3.25. The van der Waals surface area contributed by atoms with Crippen molar-refractivity contribution >= 4 is 5.69 Å². The number of hydrogen-bond acceptors (Lipinski definition) is 2. The van der Waals surface area contributed by atoms with Crippen LogP contribution < -0.4 is 10.1 Å². The Morgan fingerprint density at radius 2 is 2.25 bits per heavy atom. The van der Waals surface area contributed by atoms with Crippen LogP contribution in [-0.2, 0) is 0 Å². The van der Waals surface area contributed by atoms with Gasteiger partial charge in [0.05, 0.1) is 0 Å². The maximum Gasteiger partial charge on any atom is 0.121 e.